The molecule has 0 aliphatic carbocycles. The van der Waals surface area contributed by atoms with Gasteiger partial charge < -0.3 is 20.9 Å². The van der Waals surface area contributed by atoms with E-state index >= 15 is 0 Å². The van der Waals surface area contributed by atoms with Gasteiger partial charge in [0.1, 0.15) is 11.6 Å². The zero-order chi connectivity index (χ0) is 19.1. The summed E-state index contributed by atoms with van der Waals surface area (Å²) in [4.78, 5) is 22.7. The van der Waals surface area contributed by atoms with Crippen molar-refractivity contribution in [1.82, 2.24) is 20.6 Å². The third kappa shape index (κ3) is 5.87. The van der Waals surface area contributed by atoms with Crippen LogP contribution in [-0.4, -0.2) is 42.2 Å². The van der Waals surface area contributed by atoms with Crippen LogP contribution in [0.4, 0.5) is 16.4 Å². The smallest absolute Gasteiger partial charge is 0.315 e. The van der Waals surface area contributed by atoms with Gasteiger partial charge in [-0.1, -0.05) is 29.3 Å². The zero-order valence-corrected chi connectivity index (χ0v) is 16.4. The highest BCUT2D eigenvalue weighted by Gasteiger charge is 2.13. The van der Waals surface area contributed by atoms with Gasteiger partial charge in [0, 0.05) is 45.1 Å². The molecule has 0 aromatic carbocycles. The second kappa shape index (κ2) is 9.62. The molecule has 7 nitrogen and oxygen atoms in total. The number of nitrogens with one attached hydrogen (secondary N) is 3. The van der Waals surface area contributed by atoms with Gasteiger partial charge in [0.25, 0.3) is 0 Å². The van der Waals surface area contributed by atoms with Gasteiger partial charge in [0.05, 0.1) is 10.0 Å². The highest BCUT2D eigenvalue weighted by molar-refractivity contribution is 6.35. The maximum atomic E-state index is 11.9. The minimum absolute atomic E-state index is 0.240. The molecule has 1 fully saturated rings. The Morgan fingerprint density at radius 2 is 1.89 bits per heavy atom. The van der Waals surface area contributed by atoms with Crippen molar-refractivity contribution in [3.8, 4) is 0 Å². The van der Waals surface area contributed by atoms with Gasteiger partial charge in [0.2, 0.25) is 0 Å². The van der Waals surface area contributed by atoms with Crippen molar-refractivity contribution in [2.24, 2.45) is 0 Å². The summed E-state index contributed by atoms with van der Waals surface area (Å²) in [6, 6.07) is 5.38. The number of hydrogen-bond acceptors (Lipinski definition) is 5. The van der Waals surface area contributed by atoms with E-state index in [1.807, 2.05) is 18.3 Å². The lowest BCUT2D eigenvalue weighted by molar-refractivity contribution is 0.241. The van der Waals surface area contributed by atoms with Gasteiger partial charge in [-0.3, -0.25) is 0 Å². The van der Waals surface area contributed by atoms with Crippen molar-refractivity contribution in [1.29, 1.82) is 0 Å². The van der Waals surface area contributed by atoms with E-state index < -0.39 is 0 Å². The number of nitrogens with zero attached hydrogens (tertiary/aromatic N) is 3. The number of halogens is 2. The molecule has 0 spiro atoms. The van der Waals surface area contributed by atoms with Crippen LogP contribution >= 0.6 is 23.2 Å². The molecular weight excluding hydrogens is 387 g/mol. The van der Waals surface area contributed by atoms with Gasteiger partial charge >= 0.3 is 6.03 Å². The van der Waals surface area contributed by atoms with Gasteiger partial charge in [-0.15, -0.1) is 0 Å². The topological polar surface area (TPSA) is 82.2 Å². The van der Waals surface area contributed by atoms with E-state index in [1.165, 1.54) is 19.0 Å². The molecular formula is C18H22Cl2N6O. The molecule has 2 aromatic rings. The number of hydrogen-bond donors (Lipinski definition) is 3. The molecule has 0 atom stereocenters. The average Bonchev–Trinajstić information content (AvgIpc) is 3.20. The lowest BCUT2D eigenvalue weighted by Gasteiger charge is -2.16. The van der Waals surface area contributed by atoms with Crippen LogP contribution in [0.3, 0.4) is 0 Å². The first-order chi connectivity index (χ1) is 13.1. The molecule has 0 unspecified atom stereocenters. The van der Waals surface area contributed by atoms with Crippen molar-refractivity contribution < 1.29 is 4.79 Å². The SMILES string of the molecule is O=C(NCCNc1ncc(Cl)cc1Cl)NCc1ccc(N2CCCC2)nc1. The number of carbonyl (C=O) groups is 1. The molecule has 1 aliphatic heterocycles. The highest BCUT2D eigenvalue weighted by Crippen LogP contribution is 2.22. The van der Waals surface area contributed by atoms with Crippen molar-refractivity contribution >= 4 is 40.9 Å². The molecule has 144 valence electrons. The van der Waals surface area contributed by atoms with Crippen LogP contribution in [0.2, 0.25) is 10.0 Å². The number of rotatable bonds is 7. The van der Waals surface area contributed by atoms with Crippen LogP contribution in [0.5, 0.6) is 0 Å². The number of amides is 2. The fraction of sp³-hybridized carbons (Fsp3) is 0.389. The van der Waals surface area contributed by atoms with E-state index in [0.717, 1.165) is 24.5 Å². The third-order valence-corrected chi connectivity index (χ3v) is 4.70. The predicted octanol–water partition coefficient (Wildman–Crippen LogP) is 3.29. The summed E-state index contributed by atoms with van der Waals surface area (Å²) in [5, 5.41) is 9.55. The van der Waals surface area contributed by atoms with E-state index in [-0.39, 0.29) is 6.03 Å². The monoisotopic (exact) mass is 408 g/mol. The maximum Gasteiger partial charge on any atom is 0.315 e. The minimum atomic E-state index is -0.240. The molecule has 0 radical (unpaired) electrons. The Bertz CT molecular complexity index is 765. The van der Waals surface area contributed by atoms with Gasteiger partial charge in [0.15, 0.2) is 0 Å². The summed E-state index contributed by atoms with van der Waals surface area (Å²) in [7, 11) is 0. The second-order valence-electron chi connectivity index (χ2n) is 6.24. The Kier molecular flexibility index (Phi) is 6.95. The van der Waals surface area contributed by atoms with Crippen molar-refractivity contribution in [3.05, 3.63) is 46.2 Å². The average molecular weight is 409 g/mol. The van der Waals surface area contributed by atoms with E-state index in [2.05, 4.69) is 30.8 Å². The summed E-state index contributed by atoms with van der Waals surface area (Å²) in [6.07, 6.45) is 5.77. The molecule has 3 rings (SSSR count). The summed E-state index contributed by atoms with van der Waals surface area (Å²) < 4.78 is 0. The Balaban J connectivity index is 1.34. The molecule has 1 aliphatic rings. The summed E-state index contributed by atoms with van der Waals surface area (Å²) in [5.74, 6) is 1.54. The van der Waals surface area contributed by atoms with Gasteiger partial charge in [-0.05, 0) is 30.5 Å². The number of anilines is 2. The van der Waals surface area contributed by atoms with E-state index in [1.54, 1.807) is 6.07 Å². The Morgan fingerprint density at radius 1 is 1.07 bits per heavy atom. The Labute approximate surface area is 168 Å². The summed E-state index contributed by atoms with van der Waals surface area (Å²) in [5.41, 5.74) is 0.961. The van der Waals surface area contributed by atoms with Crippen LogP contribution in [0, 0.1) is 0 Å². The fourth-order valence-corrected chi connectivity index (χ4v) is 3.25. The summed E-state index contributed by atoms with van der Waals surface area (Å²) in [6.45, 7) is 3.49. The normalized spacial score (nSPS) is 13.5. The van der Waals surface area contributed by atoms with Gasteiger partial charge in [-0.25, -0.2) is 14.8 Å². The number of urea groups is 1. The lowest BCUT2D eigenvalue weighted by Crippen LogP contribution is -2.37. The molecule has 2 amide bonds. The lowest BCUT2D eigenvalue weighted by atomic mass is 10.3. The van der Waals surface area contributed by atoms with Crippen molar-refractivity contribution in [2.75, 3.05) is 36.4 Å². The molecule has 3 heterocycles. The van der Waals surface area contributed by atoms with Crippen molar-refractivity contribution in [2.45, 2.75) is 19.4 Å². The largest absolute Gasteiger partial charge is 0.367 e. The van der Waals surface area contributed by atoms with Crippen LogP contribution in [-0.2, 0) is 6.54 Å². The third-order valence-electron chi connectivity index (χ3n) is 4.20. The van der Waals surface area contributed by atoms with Crippen LogP contribution in [0.1, 0.15) is 18.4 Å². The number of carbonyl (C=O) groups excluding carboxylic acids is 1. The Morgan fingerprint density at radius 3 is 2.59 bits per heavy atom. The maximum absolute atomic E-state index is 11.9. The zero-order valence-electron chi connectivity index (χ0n) is 14.8. The van der Waals surface area contributed by atoms with Crippen molar-refractivity contribution in [3.63, 3.8) is 0 Å². The van der Waals surface area contributed by atoms with Crippen LogP contribution in [0.15, 0.2) is 30.6 Å². The Hall–Kier alpha value is -2.25. The number of aromatic nitrogens is 2. The van der Waals surface area contributed by atoms with E-state index in [4.69, 9.17) is 23.2 Å². The molecule has 9 heteroatoms. The number of pyridine rings is 2. The van der Waals surface area contributed by atoms with E-state index in [9.17, 15) is 4.79 Å². The molecule has 0 bridgehead atoms. The van der Waals surface area contributed by atoms with Crippen LogP contribution < -0.4 is 20.9 Å². The fourth-order valence-electron chi connectivity index (χ4n) is 2.80. The molecule has 2 aromatic heterocycles. The quantitative estimate of drug-likeness (QED) is 0.612. The molecule has 1 saturated heterocycles. The molecule has 3 N–H and O–H groups in total. The first-order valence-corrected chi connectivity index (χ1v) is 9.64. The van der Waals surface area contributed by atoms with Gasteiger partial charge in [-0.2, -0.15) is 0 Å². The first-order valence-electron chi connectivity index (χ1n) is 8.88. The highest BCUT2D eigenvalue weighted by atomic mass is 35.5. The molecule has 27 heavy (non-hydrogen) atoms. The van der Waals surface area contributed by atoms with Crippen LogP contribution in [0.25, 0.3) is 0 Å². The molecule has 0 saturated carbocycles. The first kappa shape index (κ1) is 19.5. The second-order valence-corrected chi connectivity index (χ2v) is 7.08. The minimum Gasteiger partial charge on any atom is -0.367 e. The predicted molar refractivity (Wildman–Crippen MR) is 109 cm³/mol. The van der Waals surface area contributed by atoms with E-state index in [0.29, 0.717) is 35.5 Å². The standard InChI is InChI=1S/C18H22Cl2N6O/c19-14-9-15(20)17(24-12-14)21-5-6-22-18(27)25-11-13-3-4-16(23-10-13)26-7-1-2-8-26/h3-4,9-10,12H,1-2,5-8,11H2,(H,21,24)(H2,22,25,27). The summed E-state index contributed by atoms with van der Waals surface area (Å²) >= 11 is 11.8.